The Labute approximate surface area is 131 Å². The number of hydrogen-bond acceptors (Lipinski definition) is 6. The van der Waals surface area contributed by atoms with E-state index in [-0.39, 0.29) is 11.4 Å². The molecule has 0 unspecified atom stereocenters. The molecule has 0 amide bonds. The Bertz CT molecular complexity index is 752. The first kappa shape index (κ1) is 15.8. The predicted molar refractivity (Wildman–Crippen MR) is 87.1 cm³/mol. The number of anilines is 1. The fourth-order valence-electron chi connectivity index (χ4n) is 1.66. The molecule has 0 aromatic heterocycles. The minimum atomic E-state index is -0.471. The molecule has 0 atom stereocenters. The molecule has 1 N–H and O–H groups in total. The highest BCUT2D eigenvalue weighted by atomic mass is 16.6. The third-order valence-electron chi connectivity index (χ3n) is 2.79. The van der Waals surface area contributed by atoms with E-state index in [2.05, 4.69) is 10.3 Å². The van der Waals surface area contributed by atoms with Gasteiger partial charge in [-0.1, -0.05) is 0 Å². The number of benzene rings is 2. The molecule has 0 saturated carbocycles. The van der Waals surface area contributed by atoms with Crippen molar-refractivity contribution in [3.05, 3.63) is 81.0 Å². The van der Waals surface area contributed by atoms with Crippen LogP contribution in [0, 0.1) is 20.2 Å². The van der Waals surface area contributed by atoms with Gasteiger partial charge < -0.3 is 5.32 Å². The van der Waals surface area contributed by atoms with Crippen LogP contribution in [0.3, 0.4) is 0 Å². The summed E-state index contributed by atoms with van der Waals surface area (Å²) in [4.78, 5) is 24.2. The molecule has 2 aromatic rings. The summed E-state index contributed by atoms with van der Waals surface area (Å²) in [5.41, 5.74) is 1.34. The van der Waals surface area contributed by atoms with Gasteiger partial charge in [0.2, 0.25) is 0 Å². The SMILES string of the molecule is O=[N+]([O-])c1ccc(N=C/C=C/Nc2ccc([N+](=O)[O-])cc2)cc1. The zero-order valence-corrected chi connectivity index (χ0v) is 11.8. The van der Waals surface area contributed by atoms with E-state index in [1.807, 2.05) is 0 Å². The quantitative estimate of drug-likeness (QED) is 0.495. The lowest BCUT2D eigenvalue weighted by molar-refractivity contribution is -0.385. The van der Waals surface area contributed by atoms with E-state index < -0.39 is 9.85 Å². The monoisotopic (exact) mass is 312 g/mol. The molecule has 0 aliphatic carbocycles. The standard InChI is InChI=1S/C15H12N4O4/c20-18(21)14-6-2-12(3-7-14)16-10-1-11-17-13-4-8-15(9-5-13)19(22)23/h1-11,16H/b10-1+,17-11?. The molecule has 8 heteroatoms. The molecule has 23 heavy (non-hydrogen) atoms. The molecule has 2 rings (SSSR count). The number of nitro groups is 2. The molecule has 0 saturated heterocycles. The van der Waals surface area contributed by atoms with E-state index in [1.54, 1.807) is 36.5 Å². The zero-order valence-electron chi connectivity index (χ0n) is 11.8. The Hall–Kier alpha value is -3.55. The molecule has 0 fully saturated rings. The van der Waals surface area contributed by atoms with Gasteiger partial charge in [-0.25, -0.2) is 0 Å². The summed E-state index contributed by atoms with van der Waals surface area (Å²) in [6, 6.07) is 11.9. The van der Waals surface area contributed by atoms with Crippen LogP contribution in [-0.4, -0.2) is 16.1 Å². The number of non-ortho nitro benzene ring substituents is 2. The lowest BCUT2D eigenvalue weighted by Gasteiger charge is -1.98. The van der Waals surface area contributed by atoms with E-state index in [1.165, 1.54) is 30.5 Å². The van der Waals surface area contributed by atoms with Gasteiger partial charge >= 0.3 is 0 Å². The summed E-state index contributed by atoms with van der Waals surface area (Å²) in [6.07, 6.45) is 4.79. The largest absolute Gasteiger partial charge is 0.362 e. The second-order valence-corrected chi connectivity index (χ2v) is 4.36. The predicted octanol–water partition coefficient (Wildman–Crippen LogP) is 3.83. The van der Waals surface area contributed by atoms with Gasteiger partial charge in [0.05, 0.1) is 15.5 Å². The van der Waals surface area contributed by atoms with Gasteiger partial charge in [0.15, 0.2) is 0 Å². The van der Waals surface area contributed by atoms with Crippen molar-refractivity contribution in [2.75, 3.05) is 5.32 Å². The van der Waals surface area contributed by atoms with Crippen LogP contribution in [0.5, 0.6) is 0 Å². The normalized spacial score (nSPS) is 11.0. The molecule has 0 spiro atoms. The Morgan fingerprint density at radius 1 is 0.870 bits per heavy atom. The van der Waals surface area contributed by atoms with Crippen LogP contribution in [0.2, 0.25) is 0 Å². The molecular weight excluding hydrogens is 300 g/mol. The Balaban J connectivity index is 1.88. The summed E-state index contributed by atoms with van der Waals surface area (Å²) < 4.78 is 0. The summed E-state index contributed by atoms with van der Waals surface area (Å²) in [5.74, 6) is 0. The highest BCUT2D eigenvalue weighted by molar-refractivity contribution is 5.75. The Morgan fingerprint density at radius 3 is 1.91 bits per heavy atom. The Kier molecular flexibility index (Phi) is 5.13. The van der Waals surface area contributed by atoms with Gasteiger partial charge in [-0.05, 0) is 30.3 Å². The fraction of sp³-hybridized carbons (Fsp3) is 0. The van der Waals surface area contributed by atoms with E-state index in [4.69, 9.17) is 0 Å². The molecule has 116 valence electrons. The molecule has 0 aliphatic rings. The molecule has 0 radical (unpaired) electrons. The van der Waals surface area contributed by atoms with E-state index in [0.29, 0.717) is 11.4 Å². The minimum absolute atomic E-state index is 0.0133. The van der Waals surface area contributed by atoms with Crippen LogP contribution in [0.4, 0.5) is 22.7 Å². The lowest BCUT2D eigenvalue weighted by Crippen LogP contribution is -1.90. The van der Waals surface area contributed by atoms with Crippen molar-refractivity contribution in [1.29, 1.82) is 0 Å². The molecule has 0 bridgehead atoms. The summed E-state index contributed by atoms with van der Waals surface area (Å²) in [5, 5.41) is 24.0. The number of nitrogens with one attached hydrogen (secondary N) is 1. The average molecular weight is 312 g/mol. The van der Waals surface area contributed by atoms with Crippen molar-refractivity contribution < 1.29 is 9.85 Å². The third kappa shape index (κ3) is 4.74. The molecule has 0 heterocycles. The summed E-state index contributed by atoms with van der Waals surface area (Å²) >= 11 is 0. The maximum Gasteiger partial charge on any atom is 0.269 e. The number of aliphatic imine (C=N–C) groups is 1. The molecule has 0 aliphatic heterocycles. The van der Waals surface area contributed by atoms with Gasteiger partial charge in [-0.3, -0.25) is 25.2 Å². The number of hydrogen-bond donors (Lipinski definition) is 1. The fourth-order valence-corrected chi connectivity index (χ4v) is 1.66. The Morgan fingerprint density at radius 2 is 1.39 bits per heavy atom. The first-order valence-corrected chi connectivity index (χ1v) is 6.51. The van der Waals surface area contributed by atoms with Crippen LogP contribution in [0.1, 0.15) is 0 Å². The van der Waals surface area contributed by atoms with Crippen molar-refractivity contribution in [3.63, 3.8) is 0 Å². The van der Waals surface area contributed by atoms with E-state index in [9.17, 15) is 20.2 Å². The minimum Gasteiger partial charge on any atom is -0.362 e. The summed E-state index contributed by atoms with van der Waals surface area (Å²) in [7, 11) is 0. The second-order valence-electron chi connectivity index (χ2n) is 4.36. The smallest absolute Gasteiger partial charge is 0.269 e. The van der Waals surface area contributed by atoms with Crippen LogP contribution in [0.15, 0.2) is 65.8 Å². The number of nitro benzene ring substituents is 2. The van der Waals surface area contributed by atoms with Crippen LogP contribution in [-0.2, 0) is 0 Å². The summed E-state index contributed by atoms with van der Waals surface area (Å²) in [6.45, 7) is 0. The van der Waals surface area contributed by atoms with Crippen molar-refractivity contribution >= 4 is 29.0 Å². The topological polar surface area (TPSA) is 111 Å². The van der Waals surface area contributed by atoms with Gasteiger partial charge in [0.1, 0.15) is 0 Å². The maximum absolute atomic E-state index is 10.5. The number of nitrogens with zero attached hydrogens (tertiary/aromatic N) is 3. The second kappa shape index (κ2) is 7.46. The average Bonchev–Trinajstić information content (AvgIpc) is 2.55. The van der Waals surface area contributed by atoms with Gasteiger partial charge in [0, 0.05) is 42.4 Å². The first-order chi connectivity index (χ1) is 11.1. The van der Waals surface area contributed by atoms with Crippen molar-refractivity contribution in [3.8, 4) is 0 Å². The molecule has 2 aromatic carbocycles. The van der Waals surface area contributed by atoms with Gasteiger partial charge in [-0.15, -0.1) is 0 Å². The van der Waals surface area contributed by atoms with Crippen LogP contribution >= 0.6 is 0 Å². The van der Waals surface area contributed by atoms with Crippen molar-refractivity contribution in [1.82, 2.24) is 0 Å². The zero-order chi connectivity index (χ0) is 16.7. The number of rotatable bonds is 6. The van der Waals surface area contributed by atoms with E-state index in [0.717, 1.165) is 0 Å². The first-order valence-electron chi connectivity index (χ1n) is 6.51. The van der Waals surface area contributed by atoms with Crippen LogP contribution < -0.4 is 5.32 Å². The highest BCUT2D eigenvalue weighted by Crippen LogP contribution is 2.17. The number of allylic oxidation sites excluding steroid dienone is 1. The van der Waals surface area contributed by atoms with Gasteiger partial charge in [-0.2, -0.15) is 0 Å². The maximum atomic E-state index is 10.5. The van der Waals surface area contributed by atoms with E-state index >= 15 is 0 Å². The highest BCUT2D eigenvalue weighted by Gasteiger charge is 2.03. The molecular formula is C15H12N4O4. The molecule has 8 nitrogen and oxygen atoms in total. The van der Waals surface area contributed by atoms with Crippen LogP contribution in [0.25, 0.3) is 0 Å². The van der Waals surface area contributed by atoms with Crippen molar-refractivity contribution in [2.45, 2.75) is 0 Å². The lowest BCUT2D eigenvalue weighted by atomic mass is 10.3. The third-order valence-corrected chi connectivity index (χ3v) is 2.79. The van der Waals surface area contributed by atoms with Crippen molar-refractivity contribution in [2.24, 2.45) is 4.99 Å². The van der Waals surface area contributed by atoms with Gasteiger partial charge in [0.25, 0.3) is 11.4 Å².